The minimum atomic E-state index is 0.762. The average molecular weight is 198 g/mol. The van der Waals surface area contributed by atoms with Crippen LogP contribution in [0.15, 0.2) is 16.8 Å². The van der Waals surface area contributed by atoms with Crippen molar-refractivity contribution in [3.8, 4) is 0 Å². The highest BCUT2D eigenvalue weighted by molar-refractivity contribution is 7.80. The molecule has 4 heteroatoms. The molecule has 72 valence electrons. The number of allylic oxidation sites excluding steroid dienone is 2. The maximum Gasteiger partial charge on any atom is 0.292 e. The maximum absolute atomic E-state index is 4.29. The largest absolute Gasteiger partial charge is 0.292 e. The van der Waals surface area contributed by atoms with Crippen molar-refractivity contribution in [3.05, 3.63) is 17.5 Å². The minimum Gasteiger partial charge on any atom is -0.202 e. The first-order valence-electron chi connectivity index (χ1n) is 4.28. The maximum atomic E-state index is 4.29. The van der Waals surface area contributed by atoms with E-state index in [1.165, 1.54) is 5.57 Å². The van der Waals surface area contributed by atoms with Gasteiger partial charge in [-0.15, -0.1) is 4.68 Å². The van der Waals surface area contributed by atoms with Crippen LogP contribution in [-0.4, -0.2) is 9.67 Å². The molecule has 0 atom stereocenters. The fraction of sp³-hybridized carbons (Fsp3) is 0.556. The lowest BCUT2D eigenvalue weighted by Crippen LogP contribution is -2.33. The van der Waals surface area contributed by atoms with Crippen LogP contribution in [-0.2, 0) is 13.6 Å². The highest BCUT2D eigenvalue weighted by Gasteiger charge is 2.14. The Hall–Kier alpha value is -0.770. The van der Waals surface area contributed by atoms with E-state index >= 15 is 0 Å². The average Bonchev–Trinajstić information content (AvgIpc) is 2.24. The molecule has 13 heavy (non-hydrogen) atoms. The fourth-order valence-electron chi connectivity index (χ4n) is 1.07. The van der Waals surface area contributed by atoms with Crippen LogP contribution in [0.1, 0.15) is 19.7 Å². The van der Waals surface area contributed by atoms with Crippen molar-refractivity contribution in [2.45, 2.75) is 32.5 Å². The van der Waals surface area contributed by atoms with Crippen molar-refractivity contribution in [2.75, 3.05) is 0 Å². The van der Waals surface area contributed by atoms with E-state index in [2.05, 4.69) is 42.2 Å². The Morgan fingerprint density at radius 3 is 2.62 bits per heavy atom. The lowest BCUT2D eigenvalue weighted by Gasteiger charge is -1.94. The van der Waals surface area contributed by atoms with E-state index in [0.717, 1.165) is 17.5 Å². The highest BCUT2D eigenvalue weighted by Crippen LogP contribution is 2.04. The van der Waals surface area contributed by atoms with Crippen molar-refractivity contribution in [2.24, 2.45) is 7.05 Å². The van der Waals surface area contributed by atoms with E-state index in [9.17, 15) is 0 Å². The zero-order valence-electron chi connectivity index (χ0n) is 8.57. The Morgan fingerprint density at radius 1 is 1.62 bits per heavy atom. The van der Waals surface area contributed by atoms with Crippen LogP contribution >= 0.6 is 12.6 Å². The number of hydrogen-bond acceptors (Lipinski definition) is 2. The smallest absolute Gasteiger partial charge is 0.202 e. The van der Waals surface area contributed by atoms with Crippen molar-refractivity contribution >= 4 is 12.6 Å². The molecule has 0 aliphatic heterocycles. The molecule has 0 saturated carbocycles. The van der Waals surface area contributed by atoms with Crippen LogP contribution < -0.4 is 4.68 Å². The molecule has 0 aliphatic carbocycles. The molecular weight excluding hydrogens is 182 g/mol. The molecule has 0 fully saturated rings. The topological polar surface area (TPSA) is 21.7 Å². The van der Waals surface area contributed by atoms with Gasteiger partial charge in [0, 0.05) is 6.92 Å². The molecule has 1 aromatic rings. The summed E-state index contributed by atoms with van der Waals surface area (Å²) in [6, 6.07) is 0. The van der Waals surface area contributed by atoms with E-state index in [1.54, 1.807) is 0 Å². The number of thiol groups is 1. The Bertz CT molecular complexity index is 335. The van der Waals surface area contributed by atoms with Gasteiger partial charge >= 0.3 is 0 Å². The Kier molecular flexibility index (Phi) is 3.14. The number of nitrogens with zero attached hydrogens (tertiary/aromatic N) is 3. The molecule has 0 spiro atoms. The fourth-order valence-corrected chi connectivity index (χ4v) is 1.43. The summed E-state index contributed by atoms with van der Waals surface area (Å²) in [6.45, 7) is 7.06. The lowest BCUT2D eigenvalue weighted by atomic mass is 10.3. The quantitative estimate of drug-likeness (QED) is 0.431. The second kappa shape index (κ2) is 3.96. The molecule has 0 radical (unpaired) electrons. The summed E-state index contributed by atoms with van der Waals surface area (Å²) < 4.78 is 3.90. The molecule has 1 aromatic heterocycles. The van der Waals surface area contributed by atoms with Gasteiger partial charge in [-0.05, 0) is 25.0 Å². The molecule has 0 unspecified atom stereocenters. The van der Waals surface area contributed by atoms with Crippen LogP contribution in [0, 0.1) is 6.92 Å². The first-order valence-corrected chi connectivity index (χ1v) is 4.73. The van der Waals surface area contributed by atoms with Gasteiger partial charge in [0.1, 0.15) is 13.6 Å². The molecule has 0 bridgehead atoms. The Labute approximate surface area is 84.5 Å². The van der Waals surface area contributed by atoms with E-state index in [1.807, 2.05) is 18.7 Å². The van der Waals surface area contributed by atoms with Gasteiger partial charge in [-0.3, -0.25) is 0 Å². The molecule has 1 heterocycles. The number of aromatic nitrogens is 3. The normalized spacial score (nSPS) is 10.2. The number of aryl methyl sites for hydroxylation is 1. The summed E-state index contributed by atoms with van der Waals surface area (Å²) in [6.07, 6.45) is 2.16. The summed E-state index contributed by atoms with van der Waals surface area (Å²) in [5.41, 5.74) is 1.31. The first-order chi connectivity index (χ1) is 6.02. The van der Waals surface area contributed by atoms with Crippen LogP contribution in [0.3, 0.4) is 0 Å². The monoisotopic (exact) mass is 198 g/mol. The van der Waals surface area contributed by atoms with E-state index in [-0.39, 0.29) is 0 Å². The number of rotatable bonds is 2. The third-order valence-electron chi connectivity index (χ3n) is 2.02. The first kappa shape index (κ1) is 10.3. The van der Waals surface area contributed by atoms with Gasteiger partial charge in [-0.25, -0.2) is 4.57 Å². The van der Waals surface area contributed by atoms with Gasteiger partial charge in [-0.1, -0.05) is 18.2 Å². The second-order valence-electron chi connectivity index (χ2n) is 3.36. The lowest BCUT2D eigenvalue weighted by molar-refractivity contribution is -0.736. The standard InChI is InChI=1S/C9H15N3S/c1-7(2)5-6-12-8(3)11(4)10-9(12)13/h5H,6H2,1-4H3/p+1. The number of hydrogen-bond donors (Lipinski definition) is 1. The summed E-state index contributed by atoms with van der Waals surface area (Å²) in [7, 11) is 1.92. The zero-order valence-corrected chi connectivity index (χ0v) is 9.47. The van der Waals surface area contributed by atoms with Crippen LogP contribution in [0.4, 0.5) is 0 Å². The van der Waals surface area contributed by atoms with Crippen LogP contribution in [0.2, 0.25) is 0 Å². The van der Waals surface area contributed by atoms with Crippen molar-refractivity contribution in [1.29, 1.82) is 0 Å². The predicted molar refractivity (Wildman–Crippen MR) is 54.8 cm³/mol. The van der Waals surface area contributed by atoms with E-state index < -0.39 is 0 Å². The van der Waals surface area contributed by atoms with Gasteiger partial charge in [0.05, 0.1) is 0 Å². The second-order valence-corrected chi connectivity index (χ2v) is 3.76. The highest BCUT2D eigenvalue weighted by atomic mass is 32.1. The van der Waals surface area contributed by atoms with Gasteiger partial charge in [0.2, 0.25) is 0 Å². The molecule has 0 saturated heterocycles. The third-order valence-corrected chi connectivity index (χ3v) is 2.35. The molecular formula is C9H16N3S+. The third kappa shape index (κ3) is 2.34. The SMILES string of the molecule is CC(C)=CCn1c(S)n[n+](C)c1C. The van der Waals surface area contributed by atoms with Crippen molar-refractivity contribution < 1.29 is 4.68 Å². The molecule has 3 nitrogen and oxygen atoms in total. The summed E-state index contributed by atoms with van der Waals surface area (Å²) in [4.78, 5) is 0. The summed E-state index contributed by atoms with van der Waals surface area (Å²) >= 11 is 4.29. The van der Waals surface area contributed by atoms with Gasteiger partial charge in [-0.2, -0.15) is 0 Å². The van der Waals surface area contributed by atoms with Crippen LogP contribution in [0.25, 0.3) is 0 Å². The predicted octanol–water partition coefficient (Wildman–Crippen LogP) is 1.27. The van der Waals surface area contributed by atoms with Crippen LogP contribution in [0.5, 0.6) is 0 Å². The molecule has 1 rings (SSSR count). The zero-order chi connectivity index (χ0) is 10.0. The van der Waals surface area contributed by atoms with Gasteiger partial charge in [0.15, 0.2) is 0 Å². The Balaban J connectivity index is 2.94. The van der Waals surface area contributed by atoms with Crippen molar-refractivity contribution in [3.63, 3.8) is 0 Å². The van der Waals surface area contributed by atoms with Gasteiger partial charge in [0.25, 0.3) is 11.0 Å². The molecule has 0 aliphatic rings. The van der Waals surface area contributed by atoms with E-state index in [4.69, 9.17) is 0 Å². The van der Waals surface area contributed by atoms with Gasteiger partial charge < -0.3 is 0 Å². The molecule has 0 amide bonds. The summed E-state index contributed by atoms with van der Waals surface area (Å²) in [5.74, 6) is 1.11. The van der Waals surface area contributed by atoms with Crippen molar-refractivity contribution in [1.82, 2.24) is 9.67 Å². The molecule has 0 aromatic carbocycles. The summed E-state index contributed by atoms with van der Waals surface area (Å²) in [5, 5.41) is 4.96. The van der Waals surface area contributed by atoms with E-state index in [0.29, 0.717) is 0 Å². The molecule has 0 N–H and O–H groups in total. The minimum absolute atomic E-state index is 0.762. The Morgan fingerprint density at radius 2 is 2.23 bits per heavy atom.